The van der Waals surface area contributed by atoms with Gasteiger partial charge in [-0.05, 0) is 26.7 Å². The summed E-state index contributed by atoms with van der Waals surface area (Å²) >= 11 is 0. The Hall–Kier alpha value is -0.620. The predicted molar refractivity (Wildman–Crippen MR) is 67.3 cm³/mol. The van der Waals surface area contributed by atoms with Gasteiger partial charge in [0.2, 0.25) is 5.91 Å². The molecule has 0 spiro atoms. The zero-order chi connectivity index (χ0) is 13.3. The minimum absolute atomic E-state index is 0.0666. The van der Waals surface area contributed by atoms with Crippen LogP contribution in [0.3, 0.4) is 0 Å². The minimum atomic E-state index is -3.42. The fourth-order valence-corrected chi connectivity index (χ4v) is 2.25. The lowest BCUT2D eigenvalue weighted by molar-refractivity contribution is -0.123. The van der Waals surface area contributed by atoms with Crippen LogP contribution < -0.4 is 11.1 Å². The fraction of sp³-hybridized carbons (Fsp3) is 0.909. The van der Waals surface area contributed by atoms with Gasteiger partial charge in [0, 0.05) is 18.3 Å². The molecule has 0 radical (unpaired) electrons. The van der Waals surface area contributed by atoms with E-state index in [9.17, 15) is 13.2 Å². The van der Waals surface area contributed by atoms with Crippen LogP contribution in [0.4, 0.5) is 0 Å². The van der Waals surface area contributed by atoms with Crippen molar-refractivity contribution < 1.29 is 13.2 Å². The highest BCUT2D eigenvalue weighted by Crippen LogP contribution is 2.20. The largest absolute Gasteiger partial charge is 0.350 e. The van der Waals surface area contributed by atoms with E-state index in [-0.39, 0.29) is 12.1 Å². The lowest BCUT2D eigenvalue weighted by atomic mass is 9.90. The van der Waals surface area contributed by atoms with E-state index in [2.05, 4.69) is 5.32 Å². The van der Waals surface area contributed by atoms with Gasteiger partial charge in [-0.1, -0.05) is 12.8 Å². The van der Waals surface area contributed by atoms with Gasteiger partial charge < -0.3 is 11.1 Å². The summed E-state index contributed by atoms with van der Waals surface area (Å²) in [6, 6.07) is -0.166. The smallest absolute Gasteiger partial charge is 0.241 e. The molecule has 1 rings (SSSR count). The Morgan fingerprint density at radius 3 is 2.29 bits per heavy atom. The molecule has 17 heavy (non-hydrogen) atoms. The lowest BCUT2D eigenvalue weighted by Gasteiger charge is -2.32. The Bertz CT molecular complexity index is 390. The monoisotopic (exact) mass is 262 g/mol. The van der Waals surface area contributed by atoms with Crippen molar-refractivity contribution in [3.8, 4) is 0 Å². The van der Waals surface area contributed by atoms with Gasteiger partial charge in [0.25, 0.3) is 0 Å². The van der Waals surface area contributed by atoms with Crippen LogP contribution in [0.15, 0.2) is 0 Å². The third-order valence-corrected chi connectivity index (χ3v) is 5.65. The number of nitrogens with two attached hydrogens (primary N) is 1. The van der Waals surface area contributed by atoms with Crippen LogP contribution in [0.1, 0.15) is 39.5 Å². The molecule has 0 heterocycles. The Morgan fingerprint density at radius 1 is 1.29 bits per heavy atom. The van der Waals surface area contributed by atoms with Gasteiger partial charge in [-0.25, -0.2) is 8.42 Å². The first-order chi connectivity index (χ1) is 7.66. The summed E-state index contributed by atoms with van der Waals surface area (Å²) in [5, 5.41) is 2.77. The molecule has 0 aromatic carbocycles. The second-order valence-corrected chi connectivity index (χ2v) is 7.88. The second-order valence-electron chi connectivity index (χ2n) is 5.31. The zero-order valence-electron chi connectivity index (χ0n) is 10.7. The van der Waals surface area contributed by atoms with Gasteiger partial charge in [0.1, 0.15) is 4.75 Å². The SMILES string of the molecule is CC(C)(C(=O)NC1CCCCC1N)S(C)(=O)=O. The Labute approximate surface area is 103 Å². The predicted octanol–water partition coefficient (Wildman–Crippen LogP) is 0.196. The molecule has 1 saturated carbocycles. The van der Waals surface area contributed by atoms with E-state index in [0.717, 1.165) is 31.9 Å². The van der Waals surface area contributed by atoms with E-state index >= 15 is 0 Å². The van der Waals surface area contributed by atoms with Crippen molar-refractivity contribution in [3.63, 3.8) is 0 Å². The summed E-state index contributed by atoms with van der Waals surface area (Å²) in [6.45, 7) is 2.85. The van der Waals surface area contributed by atoms with Crippen molar-refractivity contribution in [2.75, 3.05) is 6.26 Å². The molecule has 1 aliphatic rings. The van der Waals surface area contributed by atoms with Crippen LogP contribution in [0.5, 0.6) is 0 Å². The molecular weight excluding hydrogens is 240 g/mol. The van der Waals surface area contributed by atoms with Crippen LogP contribution in [-0.4, -0.2) is 37.4 Å². The number of hydrogen-bond acceptors (Lipinski definition) is 4. The van der Waals surface area contributed by atoms with Crippen LogP contribution in [-0.2, 0) is 14.6 Å². The molecule has 0 aromatic rings. The van der Waals surface area contributed by atoms with Crippen molar-refractivity contribution >= 4 is 15.7 Å². The van der Waals surface area contributed by atoms with Crippen molar-refractivity contribution in [1.82, 2.24) is 5.32 Å². The highest BCUT2D eigenvalue weighted by atomic mass is 32.2. The first-order valence-corrected chi connectivity index (χ1v) is 7.81. The van der Waals surface area contributed by atoms with E-state index in [4.69, 9.17) is 5.73 Å². The van der Waals surface area contributed by atoms with Crippen molar-refractivity contribution in [3.05, 3.63) is 0 Å². The van der Waals surface area contributed by atoms with E-state index in [1.165, 1.54) is 13.8 Å². The average molecular weight is 262 g/mol. The maximum atomic E-state index is 12.0. The third kappa shape index (κ3) is 3.19. The standard InChI is InChI=1S/C11H22N2O3S/c1-11(2,17(3,15)16)10(14)13-9-7-5-4-6-8(9)12/h8-9H,4-7,12H2,1-3H3,(H,13,14). The molecule has 2 atom stereocenters. The number of hydrogen-bond donors (Lipinski definition) is 2. The first-order valence-electron chi connectivity index (χ1n) is 5.92. The Balaban J connectivity index is 2.72. The Kier molecular flexibility index (Phi) is 4.19. The van der Waals surface area contributed by atoms with E-state index < -0.39 is 20.5 Å². The third-order valence-electron chi connectivity index (χ3n) is 3.61. The van der Waals surface area contributed by atoms with Gasteiger partial charge in [-0.2, -0.15) is 0 Å². The van der Waals surface area contributed by atoms with Crippen LogP contribution >= 0.6 is 0 Å². The zero-order valence-corrected chi connectivity index (χ0v) is 11.5. The van der Waals surface area contributed by atoms with E-state index in [0.29, 0.717) is 0 Å². The van der Waals surface area contributed by atoms with E-state index in [1.54, 1.807) is 0 Å². The van der Waals surface area contributed by atoms with Gasteiger partial charge >= 0.3 is 0 Å². The molecule has 1 aliphatic carbocycles. The van der Waals surface area contributed by atoms with Crippen molar-refractivity contribution in [2.45, 2.75) is 56.4 Å². The molecule has 0 bridgehead atoms. The summed E-state index contributed by atoms with van der Waals surface area (Å²) in [4.78, 5) is 12.0. The number of carbonyl (C=O) groups excluding carboxylic acids is 1. The normalized spacial score (nSPS) is 26.6. The van der Waals surface area contributed by atoms with Crippen LogP contribution in [0, 0.1) is 0 Å². The number of amides is 1. The van der Waals surface area contributed by atoms with Crippen molar-refractivity contribution in [1.29, 1.82) is 0 Å². The molecule has 0 saturated heterocycles. The summed E-state index contributed by atoms with van der Waals surface area (Å²) in [7, 11) is -3.42. The Morgan fingerprint density at radius 2 is 1.82 bits per heavy atom. The molecule has 3 N–H and O–H groups in total. The van der Waals surface area contributed by atoms with Gasteiger partial charge in [-0.3, -0.25) is 4.79 Å². The molecule has 5 nitrogen and oxygen atoms in total. The van der Waals surface area contributed by atoms with Crippen LogP contribution in [0.2, 0.25) is 0 Å². The van der Waals surface area contributed by atoms with Gasteiger partial charge in [0.05, 0.1) is 0 Å². The van der Waals surface area contributed by atoms with Crippen molar-refractivity contribution in [2.24, 2.45) is 5.73 Å². The highest BCUT2D eigenvalue weighted by Gasteiger charge is 2.40. The summed E-state index contributed by atoms with van der Waals surface area (Å²) < 4.78 is 21.7. The van der Waals surface area contributed by atoms with Gasteiger partial charge in [-0.15, -0.1) is 0 Å². The minimum Gasteiger partial charge on any atom is -0.350 e. The molecule has 1 amide bonds. The molecule has 6 heteroatoms. The lowest BCUT2D eigenvalue weighted by Crippen LogP contribution is -2.56. The molecule has 2 unspecified atom stereocenters. The highest BCUT2D eigenvalue weighted by molar-refractivity contribution is 7.92. The maximum absolute atomic E-state index is 12.0. The second kappa shape index (κ2) is 4.94. The quantitative estimate of drug-likeness (QED) is 0.760. The first kappa shape index (κ1) is 14.4. The number of nitrogens with one attached hydrogen (secondary N) is 1. The maximum Gasteiger partial charge on any atom is 0.241 e. The van der Waals surface area contributed by atoms with E-state index in [1.807, 2.05) is 0 Å². The number of sulfone groups is 1. The topological polar surface area (TPSA) is 89.3 Å². The molecule has 1 fully saturated rings. The summed E-state index contributed by atoms with van der Waals surface area (Å²) in [6.07, 6.45) is 4.88. The number of carbonyl (C=O) groups is 1. The number of rotatable bonds is 3. The summed E-state index contributed by atoms with van der Waals surface area (Å²) in [5.74, 6) is -0.456. The van der Waals surface area contributed by atoms with Gasteiger partial charge in [0.15, 0.2) is 9.84 Å². The summed E-state index contributed by atoms with van der Waals surface area (Å²) in [5.41, 5.74) is 5.92. The molecule has 0 aromatic heterocycles. The molecule has 100 valence electrons. The molecular formula is C11H22N2O3S. The molecule has 0 aliphatic heterocycles. The van der Waals surface area contributed by atoms with Crippen LogP contribution in [0.25, 0.3) is 0 Å². The average Bonchev–Trinajstić information content (AvgIpc) is 2.19. The fourth-order valence-electron chi connectivity index (χ4n) is 1.85.